The molecule has 1 fully saturated rings. The highest BCUT2D eigenvalue weighted by Crippen LogP contribution is 2.31. The van der Waals surface area contributed by atoms with Gasteiger partial charge in [0.1, 0.15) is 0 Å². The summed E-state index contributed by atoms with van der Waals surface area (Å²) in [4.78, 5) is 4.35. The van der Waals surface area contributed by atoms with Gasteiger partial charge in [0.05, 0.1) is 0 Å². The number of benzene rings is 1. The van der Waals surface area contributed by atoms with Crippen molar-refractivity contribution < 1.29 is 0 Å². The minimum atomic E-state index is 0.661. The third-order valence-electron chi connectivity index (χ3n) is 4.77. The number of fused-ring (bicyclic) bond motifs is 1. The maximum absolute atomic E-state index is 4.35. The molecule has 0 aliphatic heterocycles. The molecule has 0 amide bonds. The van der Waals surface area contributed by atoms with E-state index in [1.807, 2.05) is 12.4 Å². The Morgan fingerprint density at radius 3 is 2.79 bits per heavy atom. The summed E-state index contributed by atoms with van der Waals surface area (Å²) in [6, 6.07) is 9.16. The van der Waals surface area contributed by atoms with Crippen molar-refractivity contribution in [1.82, 2.24) is 10.3 Å². The van der Waals surface area contributed by atoms with E-state index in [1.54, 1.807) is 0 Å². The number of aromatic nitrogens is 1. The molecule has 0 radical (unpaired) electrons. The van der Waals surface area contributed by atoms with Crippen LogP contribution >= 0.6 is 0 Å². The lowest BCUT2D eigenvalue weighted by Crippen LogP contribution is -2.31. The number of hydrogen-bond donors (Lipinski definition) is 1. The van der Waals surface area contributed by atoms with Gasteiger partial charge in [0.2, 0.25) is 0 Å². The highest BCUT2D eigenvalue weighted by molar-refractivity contribution is 5.84. The Morgan fingerprint density at radius 1 is 1.16 bits per heavy atom. The van der Waals surface area contributed by atoms with Crippen molar-refractivity contribution in [3.05, 3.63) is 42.2 Å². The largest absolute Gasteiger partial charge is 0.310 e. The minimum Gasteiger partial charge on any atom is -0.310 e. The first-order valence-electron chi connectivity index (χ1n) is 7.30. The summed E-state index contributed by atoms with van der Waals surface area (Å²) >= 11 is 0. The first kappa shape index (κ1) is 12.6. The topological polar surface area (TPSA) is 24.9 Å². The minimum absolute atomic E-state index is 0.661. The lowest BCUT2D eigenvalue weighted by atomic mass is 9.97. The van der Waals surface area contributed by atoms with Crippen LogP contribution in [0.2, 0.25) is 0 Å². The lowest BCUT2D eigenvalue weighted by molar-refractivity contribution is 0.370. The maximum atomic E-state index is 4.35. The molecule has 2 heteroatoms. The molecule has 2 nitrogen and oxygen atoms in total. The zero-order valence-electron chi connectivity index (χ0n) is 11.8. The summed E-state index contributed by atoms with van der Waals surface area (Å²) < 4.78 is 0. The van der Waals surface area contributed by atoms with Crippen molar-refractivity contribution in [3.63, 3.8) is 0 Å². The van der Waals surface area contributed by atoms with Crippen LogP contribution in [0.25, 0.3) is 10.8 Å². The van der Waals surface area contributed by atoms with Crippen LogP contribution in [0.15, 0.2) is 36.7 Å². The van der Waals surface area contributed by atoms with E-state index in [4.69, 9.17) is 0 Å². The van der Waals surface area contributed by atoms with Gasteiger partial charge in [-0.15, -0.1) is 0 Å². The number of rotatable bonds is 3. The van der Waals surface area contributed by atoms with Gasteiger partial charge in [0.15, 0.2) is 0 Å². The third kappa shape index (κ3) is 2.50. The summed E-state index contributed by atoms with van der Waals surface area (Å²) in [6.45, 7) is 5.67. The van der Waals surface area contributed by atoms with Gasteiger partial charge < -0.3 is 5.32 Å². The van der Waals surface area contributed by atoms with Crippen molar-refractivity contribution in [2.75, 3.05) is 0 Å². The monoisotopic (exact) mass is 254 g/mol. The molecule has 100 valence electrons. The average molecular weight is 254 g/mol. The Kier molecular flexibility index (Phi) is 3.52. The van der Waals surface area contributed by atoms with Gasteiger partial charge in [0, 0.05) is 30.4 Å². The predicted molar refractivity (Wildman–Crippen MR) is 79.9 cm³/mol. The second kappa shape index (κ2) is 5.30. The number of nitrogens with zero attached hydrogens (tertiary/aromatic N) is 1. The lowest BCUT2D eigenvalue weighted by Gasteiger charge is -2.20. The van der Waals surface area contributed by atoms with Crippen LogP contribution in [0.5, 0.6) is 0 Å². The Labute approximate surface area is 115 Å². The molecule has 0 bridgehead atoms. The summed E-state index contributed by atoms with van der Waals surface area (Å²) in [7, 11) is 0. The highest BCUT2D eigenvalue weighted by Gasteiger charge is 2.29. The van der Waals surface area contributed by atoms with Crippen molar-refractivity contribution in [1.29, 1.82) is 0 Å². The summed E-state index contributed by atoms with van der Waals surface area (Å²) in [6.07, 6.45) is 6.60. The highest BCUT2D eigenvalue weighted by atomic mass is 14.9. The van der Waals surface area contributed by atoms with Crippen LogP contribution < -0.4 is 5.32 Å². The molecule has 1 saturated carbocycles. The molecule has 0 saturated heterocycles. The fourth-order valence-corrected chi connectivity index (χ4v) is 3.21. The molecule has 1 aliphatic carbocycles. The van der Waals surface area contributed by atoms with Gasteiger partial charge in [-0.1, -0.05) is 38.1 Å². The van der Waals surface area contributed by atoms with Gasteiger partial charge in [-0.2, -0.15) is 0 Å². The van der Waals surface area contributed by atoms with E-state index in [0.29, 0.717) is 6.04 Å². The van der Waals surface area contributed by atoms with Crippen LogP contribution in [-0.2, 0) is 6.54 Å². The van der Waals surface area contributed by atoms with Crippen molar-refractivity contribution >= 4 is 10.8 Å². The zero-order chi connectivity index (χ0) is 13.2. The second-order valence-electron chi connectivity index (χ2n) is 5.92. The van der Waals surface area contributed by atoms with E-state index in [0.717, 1.165) is 18.4 Å². The normalized spacial score (nSPS) is 26.9. The van der Waals surface area contributed by atoms with Crippen molar-refractivity contribution in [2.45, 2.75) is 39.3 Å². The molecule has 1 aromatic heterocycles. The SMILES string of the molecule is CC1CCC(NCc2cncc3ccccc23)C1C. The Morgan fingerprint density at radius 2 is 2.00 bits per heavy atom. The van der Waals surface area contributed by atoms with E-state index in [2.05, 4.69) is 48.4 Å². The smallest absolute Gasteiger partial charge is 0.0346 e. The summed E-state index contributed by atoms with van der Waals surface area (Å²) in [5, 5.41) is 6.28. The first-order chi connectivity index (χ1) is 9.25. The molecule has 2 aromatic rings. The molecule has 0 spiro atoms. The number of hydrogen-bond acceptors (Lipinski definition) is 2. The molecule has 1 aromatic carbocycles. The van der Waals surface area contributed by atoms with Gasteiger partial charge in [0.25, 0.3) is 0 Å². The van der Waals surface area contributed by atoms with E-state index in [1.165, 1.54) is 29.2 Å². The number of nitrogens with one attached hydrogen (secondary N) is 1. The van der Waals surface area contributed by atoms with Crippen molar-refractivity contribution in [3.8, 4) is 0 Å². The first-order valence-corrected chi connectivity index (χ1v) is 7.30. The molecule has 19 heavy (non-hydrogen) atoms. The molecular formula is C17H22N2. The average Bonchev–Trinajstić information content (AvgIpc) is 2.76. The van der Waals surface area contributed by atoms with Gasteiger partial charge in [-0.3, -0.25) is 4.98 Å². The molecule has 1 aliphatic rings. The maximum Gasteiger partial charge on any atom is 0.0346 e. The summed E-state index contributed by atoms with van der Waals surface area (Å²) in [5.74, 6) is 1.63. The van der Waals surface area contributed by atoms with Crippen LogP contribution in [0, 0.1) is 11.8 Å². The standard InChI is InChI=1S/C17H22N2/c1-12-7-8-17(13(12)2)19-11-15-10-18-9-14-5-3-4-6-16(14)15/h3-6,9-10,12-13,17,19H,7-8,11H2,1-2H3. The van der Waals surface area contributed by atoms with Crippen LogP contribution in [0.4, 0.5) is 0 Å². The Balaban J connectivity index is 1.75. The predicted octanol–water partition coefficient (Wildman–Crippen LogP) is 3.76. The van der Waals surface area contributed by atoms with Crippen LogP contribution in [-0.4, -0.2) is 11.0 Å². The van der Waals surface area contributed by atoms with Gasteiger partial charge in [-0.05, 0) is 35.6 Å². The quantitative estimate of drug-likeness (QED) is 0.902. The van der Waals surface area contributed by atoms with Gasteiger partial charge >= 0.3 is 0 Å². The van der Waals surface area contributed by atoms with E-state index in [-0.39, 0.29) is 0 Å². The number of pyridine rings is 1. The fraction of sp³-hybridized carbons (Fsp3) is 0.471. The molecular weight excluding hydrogens is 232 g/mol. The van der Waals surface area contributed by atoms with E-state index >= 15 is 0 Å². The molecule has 3 atom stereocenters. The van der Waals surface area contributed by atoms with Gasteiger partial charge in [-0.25, -0.2) is 0 Å². The summed E-state index contributed by atoms with van der Waals surface area (Å²) in [5.41, 5.74) is 1.31. The van der Waals surface area contributed by atoms with E-state index in [9.17, 15) is 0 Å². The van der Waals surface area contributed by atoms with Crippen LogP contribution in [0.3, 0.4) is 0 Å². The Bertz CT molecular complexity index is 559. The molecule has 1 heterocycles. The molecule has 3 rings (SSSR count). The van der Waals surface area contributed by atoms with Crippen LogP contribution in [0.1, 0.15) is 32.3 Å². The van der Waals surface area contributed by atoms with E-state index < -0.39 is 0 Å². The van der Waals surface area contributed by atoms with Crippen molar-refractivity contribution in [2.24, 2.45) is 11.8 Å². The fourth-order valence-electron chi connectivity index (χ4n) is 3.21. The third-order valence-corrected chi connectivity index (χ3v) is 4.77. The molecule has 1 N–H and O–H groups in total. The zero-order valence-corrected chi connectivity index (χ0v) is 11.8. The second-order valence-corrected chi connectivity index (χ2v) is 5.92. The molecule has 3 unspecified atom stereocenters. The Hall–Kier alpha value is -1.41.